The smallest absolute Gasteiger partial charge is 0.326 e. The first-order valence-electron chi connectivity index (χ1n) is 7.19. The lowest BCUT2D eigenvalue weighted by Crippen LogP contribution is -2.51. The maximum absolute atomic E-state index is 12.9. The Labute approximate surface area is 138 Å². The van der Waals surface area contributed by atoms with Gasteiger partial charge in [0.05, 0.1) is 10.6 Å². The highest BCUT2D eigenvalue weighted by Gasteiger charge is 2.38. The van der Waals surface area contributed by atoms with Gasteiger partial charge in [-0.15, -0.1) is 0 Å². The maximum atomic E-state index is 12.9. The molecule has 1 aliphatic rings. The summed E-state index contributed by atoms with van der Waals surface area (Å²) in [7, 11) is -4.15. The van der Waals surface area contributed by atoms with Crippen molar-refractivity contribution >= 4 is 21.6 Å². The molecule has 0 spiro atoms. The predicted molar refractivity (Wildman–Crippen MR) is 81.6 cm³/mol. The summed E-state index contributed by atoms with van der Waals surface area (Å²) in [6, 6.07) is 1.45. The van der Waals surface area contributed by atoms with Crippen LogP contribution in [0.3, 0.4) is 0 Å². The van der Waals surface area contributed by atoms with Gasteiger partial charge in [-0.1, -0.05) is 18.0 Å². The molecule has 0 aromatic heterocycles. The molecule has 1 aliphatic heterocycles. The van der Waals surface area contributed by atoms with Crippen LogP contribution in [0.4, 0.5) is 13.2 Å². The lowest BCUT2D eigenvalue weighted by molar-refractivity contribution is -0.137. The summed E-state index contributed by atoms with van der Waals surface area (Å²) >= 11 is 5.87. The molecular weight excluding hydrogens is 353 g/mol. The van der Waals surface area contributed by atoms with Crippen LogP contribution in [0.25, 0.3) is 0 Å². The van der Waals surface area contributed by atoms with Gasteiger partial charge in [-0.05, 0) is 38.0 Å². The van der Waals surface area contributed by atoms with E-state index < -0.39 is 38.7 Å². The van der Waals surface area contributed by atoms with Gasteiger partial charge in [-0.25, -0.2) is 8.42 Å². The van der Waals surface area contributed by atoms with Crippen LogP contribution in [-0.2, 0) is 16.2 Å². The van der Waals surface area contributed by atoms with Crippen LogP contribution < -0.4 is 5.73 Å². The standard InChI is InChI=1S/C14H18ClF3N2O2S/c1-9(19)12-4-2-3-7-20(12)23(21,22)13-8-10(14(16,17)18)5-6-11(13)15/h5-6,8-9,12H,2-4,7,19H2,1H3. The number of piperidine rings is 1. The SMILES string of the molecule is CC(N)C1CCCCN1S(=O)(=O)c1cc(C(F)(F)F)ccc1Cl. The minimum Gasteiger partial charge on any atom is -0.326 e. The minimum atomic E-state index is -4.64. The number of halogens is 4. The molecule has 1 aromatic rings. The molecule has 0 amide bonds. The molecule has 4 nitrogen and oxygen atoms in total. The van der Waals surface area contributed by atoms with Gasteiger partial charge < -0.3 is 5.73 Å². The number of hydrogen-bond acceptors (Lipinski definition) is 3. The van der Waals surface area contributed by atoms with Gasteiger partial charge >= 0.3 is 6.18 Å². The third-order valence-electron chi connectivity index (χ3n) is 3.95. The van der Waals surface area contributed by atoms with Crippen LogP contribution >= 0.6 is 11.6 Å². The Bertz CT molecular complexity index is 677. The van der Waals surface area contributed by atoms with Crippen LogP contribution in [-0.4, -0.2) is 31.4 Å². The van der Waals surface area contributed by atoms with Gasteiger partial charge in [-0.3, -0.25) is 0 Å². The van der Waals surface area contributed by atoms with Crippen molar-refractivity contribution in [1.29, 1.82) is 0 Å². The fraction of sp³-hybridized carbons (Fsp3) is 0.571. The Hall–Kier alpha value is -0.830. The van der Waals surface area contributed by atoms with E-state index in [0.717, 1.165) is 18.6 Å². The van der Waals surface area contributed by atoms with E-state index in [1.807, 2.05) is 0 Å². The number of alkyl halides is 3. The fourth-order valence-corrected chi connectivity index (χ4v) is 5.03. The molecule has 23 heavy (non-hydrogen) atoms. The summed E-state index contributed by atoms with van der Waals surface area (Å²) in [5, 5.41) is -0.230. The van der Waals surface area contributed by atoms with E-state index in [1.165, 1.54) is 4.31 Å². The molecule has 2 rings (SSSR count). The van der Waals surface area contributed by atoms with Crippen molar-refractivity contribution in [2.75, 3.05) is 6.54 Å². The molecule has 0 aliphatic carbocycles. The summed E-state index contributed by atoms with van der Waals surface area (Å²) < 4.78 is 65.4. The third-order valence-corrected chi connectivity index (χ3v) is 6.36. The van der Waals surface area contributed by atoms with Gasteiger partial charge in [0.15, 0.2) is 0 Å². The molecule has 130 valence electrons. The first-order valence-corrected chi connectivity index (χ1v) is 9.01. The molecule has 2 N–H and O–H groups in total. The summed E-state index contributed by atoms with van der Waals surface area (Å²) in [5.41, 5.74) is 4.80. The molecule has 1 heterocycles. The molecule has 1 saturated heterocycles. The Balaban J connectivity index is 2.50. The molecule has 9 heteroatoms. The van der Waals surface area contributed by atoms with Crippen LogP contribution in [0, 0.1) is 0 Å². The first-order chi connectivity index (χ1) is 10.5. The number of nitrogens with two attached hydrogens (primary N) is 1. The Morgan fingerprint density at radius 2 is 2.00 bits per heavy atom. The van der Waals surface area contributed by atoms with Crippen LogP contribution in [0.1, 0.15) is 31.7 Å². The van der Waals surface area contributed by atoms with Gasteiger partial charge in [0.1, 0.15) is 4.90 Å². The van der Waals surface area contributed by atoms with E-state index in [0.29, 0.717) is 18.9 Å². The van der Waals surface area contributed by atoms with E-state index in [9.17, 15) is 21.6 Å². The van der Waals surface area contributed by atoms with E-state index in [2.05, 4.69) is 0 Å². The summed E-state index contributed by atoms with van der Waals surface area (Å²) in [5.74, 6) is 0. The van der Waals surface area contributed by atoms with E-state index >= 15 is 0 Å². The number of hydrogen-bond donors (Lipinski definition) is 1. The van der Waals surface area contributed by atoms with E-state index in [-0.39, 0.29) is 11.6 Å². The molecule has 1 fully saturated rings. The number of benzene rings is 1. The normalized spacial score (nSPS) is 22.1. The second-order valence-electron chi connectivity index (χ2n) is 5.68. The maximum Gasteiger partial charge on any atom is 0.416 e. The van der Waals surface area contributed by atoms with Crippen molar-refractivity contribution in [2.24, 2.45) is 5.73 Å². The van der Waals surface area contributed by atoms with Crippen molar-refractivity contribution in [2.45, 2.75) is 49.3 Å². The van der Waals surface area contributed by atoms with Gasteiger partial charge in [-0.2, -0.15) is 17.5 Å². The van der Waals surface area contributed by atoms with Crippen molar-refractivity contribution < 1.29 is 21.6 Å². The third kappa shape index (κ3) is 3.81. The zero-order chi connectivity index (χ0) is 17.4. The second-order valence-corrected chi connectivity index (χ2v) is 7.95. The lowest BCUT2D eigenvalue weighted by atomic mass is 10.00. The highest BCUT2D eigenvalue weighted by molar-refractivity contribution is 7.89. The van der Waals surface area contributed by atoms with Crippen molar-refractivity contribution in [3.05, 3.63) is 28.8 Å². The zero-order valence-corrected chi connectivity index (χ0v) is 14.0. The van der Waals surface area contributed by atoms with Crippen LogP contribution in [0.15, 0.2) is 23.1 Å². The highest BCUT2D eigenvalue weighted by Crippen LogP contribution is 2.36. The van der Waals surface area contributed by atoms with Gasteiger partial charge in [0, 0.05) is 18.6 Å². The largest absolute Gasteiger partial charge is 0.416 e. The average molecular weight is 371 g/mol. The number of sulfonamides is 1. The monoisotopic (exact) mass is 370 g/mol. The van der Waals surface area contributed by atoms with Crippen LogP contribution in [0.5, 0.6) is 0 Å². The lowest BCUT2D eigenvalue weighted by Gasteiger charge is -2.37. The topological polar surface area (TPSA) is 63.4 Å². The minimum absolute atomic E-state index is 0.223. The first kappa shape index (κ1) is 18.5. The second kappa shape index (κ2) is 6.58. The highest BCUT2D eigenvalue weighted by atomic mass is 35.5. The quantitative estimate of drug-likeness (QED) is 0.888. The molecular formula is C14H18ClF3N2O2S. The molecule has 1 aromatic carbocycles. The molecule has 2 atom stereocenters. The van der Waals surface area contributed by atoms with Crippen LogP contribution in [0.2, 0.25) is 5.02 Å². The zero-order valence-electron chi connectivity index (χ0n) is 12.5. The number of rotatable bonds is 3. The van der Waals surface area contributed by atoms with E-state index in [4.69, 9.17) is 17.3 Å². The van der Waals surface area contributed by atoms with Crippen molar-refractivity contribution in [3.63, 3.8) is 0 Å². The fourth-order valence-electron chi connectivity index (χ4n) is 2.76. The Morgan fingerprint density at radius 1 is 1.35 bits per heavy atom. The Morgan fingerprint density at radius 3 is 2.57 bits per heavy atom. The average Bonchev–Trinajstić information content (AvgIpc) is 2.46. The van der Waals surface area contributed by atoms with Crippen molar-refractivity contribution in [3.8, 4) is 0 Å². The molecule has 2 unspecified atom stereocenters. The summed E-state index contributed by atoms with van der Waals surface area (Å²) in [6.45, 7) is 1.91. The predicted octanol–water partition coefficient (Wildman–Crippen LogP) is 3.25. The molecule has 0 bridgehead atoms. The summed E-state index contributed by atoms with van der Waals surface area (Å²) in [6.07, 6.45) is -2.60. The Kier molecular flexibility index (Phi) is 5.30. The molecule has 0 saturated carbocycles. The number of nitrogens with zero attached hydrogens (tertiary/aromatic N) is 1. The van der Waals surface area contributed by atoms with Crippen molar-refractivity contribution in [1.82, 2.24) is 4.31 Å². The molecule has 0 radical (unpaired) electrons. The van der Waals surface area contributed by atoms with E-state index in [1.54, 1.807) is 6.92 Å². The van der Waals surface area contributed by atoms with Gasteiger partial charge in [0.2, 0.25) is 10.0 Å². The van der Waals surface area contributed by atoms with Gasteiger partial charge in [0.25, 0.3) is 0 Å². The summed E-state index contributed by atoms with van der Waals surface area (Å²) in [4.78, 5) is -0.526.